The van der Waals surface area contributed by atoms with Crippen LogP contribution in [-0.2, 0) is 19.5 Å². The van der Waals surface area contributed by atoms with E-state index < -0.39 is 0 Å². The van der Waals surface area contributed by atoms with Crippen LogP contribution in [0.1, 0.15) is 18.7 Å². The van der Waals surface area contributed by atoms with Crippen molar-refractivity contribution >= 4 is 33.2 Å². The SMILES string of the molecule is CC(C)Cn1c(=O)n(C)c(=O)c2cc(CCl)sc21. The summed E-state index contributed by atoms with van der Waals surface area (Å²) in [6, 6.07) is 1.78. The van der Waals surface area contributed by atoms with Gasteiger partial charge in [-0.2, -0.15) is 0 Å². The summed E-state index contributed by atoms with van der Waals surface area (Å²) in [5.41, 5.74) is -0.508. The molecule has 4 nitrogen and oxygen atoms in total. The molecule has 0 aliphatic rings. The summed E-state index contributed by atoms with van der Waals surface area (Å²) in [6.45, 7) is 4.69. The van der Waals surface area contributed by atoms with Crippen molar-refractivity contribution in [2.75, 3.05) is 0 Å². The fraction of sp³-hybridized carbons (Fsp3) is 0.500. The Hall–Kier alpha value is -1.07. The van der Waals surface area contributed by atoms with Gasteiger partial charge in [-0.15, -0.1) is 22.9 Å². The summed E-state index contributed by atoms with van der Waals surface area (Å²) in [6.07, 6.45) is 0. The number of rotatable bonds is 3. The summed E-state index contributed by atoms with van der Waals surface area (Å²) in [4.78, 5) is 25.8. The van der Waals surface area contributed by atoms with Crippen molar-refractivity contribution in [3.8, 4) is 0 Å². The minimum atomic E-state index is -0.260. The maximum absolute atomic E-state index is 12.1. The van der Waals surface area contributed by atoms with Crippen LogP contribution in [0.4, 0.5) is 0 Å². The Morgan fingerprint density at radius 2 is 2.06 bits per heavy atom. The summed E-state index contributed by atoms with van der Waals surface area (Å²) in [5, 5.41) is 0.582. The van der Waals surface area contributed by atoms with Gasteiger partial charge in [0.1, 0.15) is 4.83 Å². The van der Waals surface area contributed by atoms with Gasteiger partial charge in [-0.25, -0.2) is 4.79 Å². The molecule has 6 heteroatoms. The van der Waals surface area contributed by atoms with Crippen molar-refractivity contribution in [2.45, 2.75) is 26.3 Å². The van der Waals surface area contributed by atoms with Gasteiger partial charge in [0.25, 0.3) is 5.56 Å². The Bertz CT molecular complexity index is 696. The Kier molecular flexibility index (Phi) is 3.64. The minimum absolute atomic E-state index is 0.248. The zero-order valence-corrected chi connectivity index (χ0v) is 12.1. The number of thiophene rings is 1. The van der Waals surface area contributed by atoms with Gasteiger partial charge < -0.3 is 0 Å². The lowest BCUT2D eigenvalue weighted by atomic mass is 10.2. The van der Waals surface area contributed by atoms with E-state index in [2.05, 4.69) is 0 Å². The highest BCUT2D eigenvalue weighted by Crippen LogP contribution is 2.23. The zero-order chi connectivity index (χ0) is 13.4. The number of nitrogens with zero attached hydrogens (tertiary/aromatic N) is 2. The van der Waals surface area contributed by atoms with Gasteiger partial charge in [-0.1, -0.05) is 13.8 Å². The van der Waals surface area contributed by atoms with Crippen molar-refractivity contribution in [3.05, 3.63) is 31.8 Å². The second-order valence-electron chi connectivity index (χ2n) is 4.72. The molecule has 2 rings (SSSR count). The number of fused-ring (bicyclic) bond motifs is 1. The summed E-state index contributed by atoms with van der Waals surface area (Å²) in [7, 11) is 1.51. The fourth-order valence-electron chi connectivity index (χ4n) is 1.91. The molecule has 0 amide bonds. The number of hydrogen-bond acceptors (Lipinski definition) is 3. The van der Waals surface area contributed by atoms with Crippen LogP contribution in [0.25, 0.3) is 10.2 Å². The van der Waals surface area contributed by atoms with Crippen LogP contribution in [0.3, 0.4) is 0 Å². The maximum Gasteiger partial charge on any atom is 0.331 e. The molecule has 2 aromatic heterocycles. The molecule has 0 unspecified atom stereocenters. The molecule has 0 spiro atoms. The largest absolute Gasteiger partial charge is 0.331 e. The van der Waals surface area contributed by atoms with Gasteiger partial charge in [0, 0.05) is 18.5 Å². The smallest absolute Gasteiger partial charge is 0.284 e. The normalized spacial score (nSPS) is 11.6. The van der Waals surface area contributed by atoms with Crippen LogP contribution in [0.5, 0.6) is 0 Å². The molecular formula is C12H15ClN2O2S. The first-order valence-electron chi connectivity index (χ1n) is 5.74. The highest BCUT2D eigenvalue weighted by atomic mass is 35.5. The molecule has 0 aliphatic carbocycles. The molecule has 0 fully saturated rings. The van der Waals surface area contributed by atoms with Crippen molar-refractivity contribution in [2.24, 2.45) is 13.0 Å². The minimum Gasteiger partial charge on any atom is -0.284 e. The summed E-state index contributed by atoms with van der Waals surface area (Å²) < 4.78 is 2.83. The molecule has 0 atom stereocenters. The second kappa shape index (κ2) is 4.90. The van der Waals surface area contributed by atoms with Crippen LogP contribution in [0, 0.1) is 5.92 Å². The first-order chi connectivity index (χ1) is 8.45. The Balaban J connectivity index is 2.86. The van der Waals surface area contributed by atoms with E-state index in [0.29, 0.717) is 23.7 Å². The highest BCUT2D eigenvalue weighted by Gasteiger charge is 2.14. The molecule has 0 saturated heterocycles. The van der Waals surface area contributed by atoms with Gasteiger partial charge in [0.15, 0.2) is 0 Å². The first-order valence-corrected chi connectivity index (χ1v) is 7.09. The molecule has 2 heterocycles. The summed E-state index contributed by atoms with van der Waals surface area (Å²) in [5.74, 6) is 0.697. The molecule has 0 saturated carbocycles. The van der Waals surface area contributed by atoms with Crippen molar-refractivity contribution < 1.29 is 0 Å². The average Bonchev–Trinajstić information content (AvgIpc) is 2.75. The van der Waals surface area contributed by atoms with E-state index in [-0.39, 0.29) is 11.2 Å². The summed E-state index contributed by atoms with van der Waals surface area (Å²) >= 11 is 7.22. The van der Waals surface area contributed by atoms with Crippen LogP contribution in [0.15, 0.2) is 15.7 Å². The average molecular weight is 287 g/mol. The topological polar surface area (TPSA) is 44.0 Å². The molecule has 2 aromatic rings. The quantitative estimate of drug-likeness (QED) is 0.812. The zero-order valence-electron chi connectivity index (χ0n) is 10.6. The first kappa shape index (κ1) is 13.4. The van der Waals surface area contributed by atoms with Gasteiger partial charge in [-0.05, 0) is 12.0 Å². The predicted molar refractivity (Wildman–Crippen MR) is 75.7 cm³/mol. The Labute approximate surface area is 113 Å². The second-order valence-corrected chi connectivity index (χ2v) is 6.10. The van der Waals surface area contributed by atoms with Crippen molar-refractivity contribution in [3.63, 3.8) is 0 Å². The van der Waals surface area contributed by atoms with Crippen LogP contribution < -0.4 is 11.2 Å². The molecular weight excluding hydrogens is 272 g/mol. The highest BCUT2D eigenvalue weighted by molar-refractivity contribution is 7.18. The van der Waals surface area contributed by atoms with Crippen molar-refractivity contribution in [1.29, 1.82) is 0 Å². The molecule has 18 heavy (non-hydrogen) atoms. The molecule has 0 N–H and O–H groups in total. The molecule has 0 radical (unpaired) electrons. The standard InChI is InChI=1S/C12H15ClN2O2S/c1-7(2)6-15-11-9(4-8(5-13)18-11)10(16)14(3)12(15)17/h4,7H,5-6H2,1-3H3. The number of hydrogen-bond donors (Lipinski definition) is 0. The van der Waals surface area contributed by atoms with E-state index in [4.69, 9.17) is 11.6 Å². The van der Waals surface area contributed by atoms with E-state index in [1.165, 1.54) is 18.4 Å². The van der Waals surface area contributed by atoms with E-state index in [9.17, 15) is 9.59 Å². The molecule has 0 aliphatic heterocycles. The number of alkyl halides is 1. The van der Waals surface area contributed by atoms with Crippen LogP contribution >= 0.6 is 22.9 Å². The van der Waals surface area contributed by atoms with Crippen LogP contribution in [0.2, 0.25) is 0 Å². The Morgan fingerprint density at radius 3 is 2.61 bits per heavy atom. The van der Waals surface area contributed by atoms with Crippen LogP contribution in [-0.4, -0.2) is 9.13 Å². The van der Waals surface area contributed by atoms with Gasteiger partial charge in [-0.3, -0.25) is 13.9 Å². The number of aromatic nitrogens is 2. The van der Waals surface area contributed by atoms with Gasteiger partial charge in [0.2, 0.25) is 0 Å². The fourth-order valence-corrected chi connectivity index (χ4v) is 3.15. The van der Waals surface area contributed by atoms with E-state index in [1.807, 2.05) is 13.8 Å². The lowest BCUT2D eigenvalue weighted by molar-refractivity contribution is 0.504. The van der Waals surface area contributed by atoms with E-state index >= 15 is 0 Å². The third kappa shape index (κ3) is 2.12. The predicted octanol–water partition coefficient (Wildman–Crippen LogP) is 2.16. The molecule has 0 bridgehead atoms. The lowest BCUT2D eigenvalue weighted by Gasteiger charge is -2.11. The molecule has 98 valence electrons. The van der Waals surface area contributed by atoms with E-state index in [0.717, 1.165) is 14.3 Å². The lowest BCUT2D eigenvalue weighted by Crippen LogP contribution is -2.38. The molecule has 0 aromatic carbocycles. The van der Waals surface area contributed by atoms with Crippen molar-refractivity contribution in [1.82, 2.24) is 9.13 Å². The third-order valence-electron chi connectivity index (χ3n) is 2.74. The Morgan fingerprint density at radius 1 is 1.39 bits per heavy atom. The van der Waals surface area contributed by atoms with Gasteiger partial charge >= 0.3 is 5.69 Å². The van der Waals surface area contributed by atoms with Gasteiger partial charge in [0.05, 0.1) is 11.3 Å². The maximum atomic E-state index is 12.1. The monoisotopic (exact) mass is 286 g/mol. The third-order valence-corrected chi connectivity index (χ3v) is 4.35. The van der Waals surface area contributed by atoms with E-state index in [1.54, 1.807) is 10.6 Å². The number of halogens is 1.